The second-order valence-corrected chi connectivity index (χ2v) is 4.68. The summed E-state index contributed by atoms with van der Waals surface area (Å²) in [5.41, 5.74) is 0.742. The molecule has 0 aliphatic carbocycles. The molecule has 1 aromatic carbocycles. The van der Waals surface area contributed by atoms with Crippen LogP contribution in [0.25, 0.3) is 0 Å². The highest BCUT2D eigenvalue weighted by Crippen LogP contribution is 2.05. The maximum atomic E-state index is 11.6. The molecule has 0 aliphatic heterocycles. The van der Waals surface area contributed by atoms with Crippen LogP contribution in [0.3, 0.4) is 0 Å². The van der Waals surface area contributed by atoms with E-state index in [9.17, 15) is 9.59 Å². The van der Waals surface area contributed by atoms with Crippen LogP contribution >= 0.6 is 0 Å². The number of carbonyl (C=O) groups excluding carboxylic acids is 1. The quantitative estimate of drug-likeness (QED) is 0.700. The minimum Gasteiger partial charge on any atom is -0.480 e. The van der Waals surface area contributed by atoms with Crippen LogP contribution in [0.15, 0.2) is 30.3 Å². The van der Waals surface area contributed by atoms with Crippen LogP contribution in [-0.2, 0) is 9.59 Å². The SMILES string of the molecule is CC(C)C(NCCC(=O)Nc1ccccc1)C(=O)O. The number of carboxylic acid groups (broad SMARTS) is 1. The Bertz CT molecular complexity index is 418. The Morgan fingerprint density at radius 2 is 1.84 bits per heavy atom. The minimum atomic E-state index is -0.890. The Morgan fingerprint density at radius 1 is 1.21 bits per heavy atom. The molecule has 1 rings (SSSR count). The van der Waals surface area contributed by atoms with E-state index in [1.807, 2.05) is 32.0 Å². The molecule has 0 aliphatic rings. The lowest BCUT2D eigenvalue weighted by molar-refractivity contribution is -0.140. The zero-order chi connectivity index (χ0) is 14.3. The van der Waals surface area contributed by atoms with Crippen molar-refractivity contribution in [3.05, 3.63) is 30.3 Å². The van der Waals surface area contributed by atoms with Crippen LogP contribution in [0.5, 0.6) is 0 Å². The predicted molar refractivity (Wildman–Crippen MR) is 74.0 cm³/mol. The van der Waals surface area contributed by atoms with Crippen molar-refractivity contribution in [3.63, 3.8) is 0 Å². The van der Waals surface area contributed by atoms with Crippen LogP contribution in [-0.4, -0.2) is 29.6 Å². The average molecular weight is 264 g/mol. The lowest BCUT2D eigenvalue weighted by atomic mass is 10.0. The smallest absolute Gasteiger partial charge is 0.320 e. The summed E-state index contributed by atoms with van der Waals surface area (Å²) in [4.78, 5) is 22.6. The van der Waals surface area contributed by atoms with Gasteiger partial charge in [0.05, 0.1) is 0 Å². The van der Waals surface area contributed by atoms with Crippen LogP contribution in [0.2, 0.25) is 0 Å². The third-order valence-corrected chi connectivity index (χ3v) is 2.71. The lowest BCUT2D eigenvalue weighted by Gasteiger charge is -2.17. The lowest BCUT2D eigenvalue weighted by Crippen LogP contribution is -2.42. The topological polar surface area (TPSA) is 78.4 Å². The van der Waals surface area contributed by atoms with E-state index in [4.69, 9.17) is 5.11 Å². The Hall–Kier alpha value is -1.88. The standard InChI is InChI=1S/C14H20N2O3/c1-10(2)13(14(18)19)15-9-8-12(17)16-11-6-4-3-5-7-11/h3-7,10,13,15H,8-9H2,1-2H3,(H,16,17)(H,18,19). The van der Waals surface area contributed by atoms with Gasteiger partial charge < -0.3 is 15.7 Å². The number of hydrogen-bond donors (Lipinski definition) is 3. The van der Waals surface area contributed by atoms with Crippen molar-refractivity contribution >= 4 is 17.6 Å². The van der Waals surface area contributed by atoms with Gasteiger partial charge in [-0.15, -0.1) is 0 Å². The fourth-order valence-corrected chi connectivity index (χ4v) is 1.69. The number of benzene rings is 1. The van der Waals surface area contributed by atoms with E-state index >= 15 is 0 Å². The second-order valence-electron chi connectivity index (χ2n) is 4.68. The summed E-state index contributed by atoms with van der Waals surface area (Å²) in [7, 11) is 0. The zero-order valence-electron chi connectivity index (χ0n) is 11.2. The molecule has 0 radical (unpaired) electrons. The first kappa shape index (κ1) is 15.2. The summed E-state index contributed by atoms with van der Waals surface area (Å²) in [5.74, 6) is -1.04. The van der Waals surface area contributed by atoms with Gasteiger partial charge in [0.15, 0.2) is 0 Å². The normalized spacial score (nSPS) is 12.2. The molecule has 3 N–H and O–H groups in total. The molecule has 0 heterocycles. The first-order chi connectivity index (χ1) is 9.00. The van der Waals surface area contributed by atoms with E-state index in [0.29, 0.717) is 6.54 Å². The summed E-state index contributed by atoms with van der Waals surface area (Å²) in [6.07, 6.45) is 0.241. The largest absolute Gasteiger partial charge is 0.480 e. The molecule has 0 saturated carbocycles. The number of carboxylic acids is 1. The molecular weight excluding hydrogens is 244 g/mol. The van der Waals surface area contributed by atoms with E-state index in [-0.39, 0.29) is 18.2 Å². The van der Waals surface area contributed by atoms with Gasteiger partial charge in [-0.3, -0.25) is 9.59 Å². The number of nitrogens with one attached hydrogen (secondary N) is 2. The van der Waals surface area contributed by atoms with Crippen molar-refractivity contribution in [3.8, 4) is 0 Å². The molecule has 5 heteroatoms. The van der Waals surface area contributed by atoms with Gasteiger partial charge >= 0.3 is 5.97 Å². The Labute approximate surface area is 113 Å². The number of carbonyl (C=O) groups is 2. The van der Waals surface area contributed by atoms with Gasteiger partial charge in [-0.2, -0.15) is 0 Å². The molecule has 5 nitrogen and oxygen atoms in total. The molecule has 1 atom stereocenters. The van der Waals surface area contributed by atoms with E-state index in [1.54, 1.807) is 12.1 Å². The molecule has 0 spiro atoms. The summed E-state index contributed by atoms with van der Waals surface area (Å²) in [6.45, 7) is 4.00. The molecule has 1 amide bonds. The number of anilines is 1. The van der Waals surface area contributed by atoms with Gasteiger partial charge in [0, 0.05) is 18.7 Å². The van der Waals surface area contributed by atoms with Crippen molar-refractivity contribution in [1.82, 2.24) is 5.32 Å². The molecule has 1 aromatic rings. The molecule has 0 bridgehead atoms. The summed E-state index contributed by atoms with van der Waals surface area (Å²) >= 11 is 0. The molecule has 104 valence electrons. The average Bonchev–Trinajstić information content (AvgIpc) is 2.34. The Morgan fingerprint density at radius 3 is 2.37 bits per heavy atom. The summed E-state index contributed by atoms with van der Waals surface area (Å²) < 4.78 is 0. The second kappa shape index (κ2) is 7.53. The fourth-order valence-electron chi connectivity index (χ4n) is 1.69. The first-order valence-electron chi connectivity index (χ1n) is 6.32. The van der Waals surface area contributed by atoms with E-state index < -0.39 is 12.0 Å². The third kappa shape index (κ3) is 5.52. The maximum absolute atomic E-state index is 11.6. The molecular formula is C14H20N2O3. The Kier molecular flexibility index (Phi) is 6.02. The van der Waals surface area contributed by atoms with Crippen molar-refractivity contribution in [2.75, 3.05) is 11.9 Å². The van der Waals surface area contributed by atoms with E-state index in [1.165, 1.54) is 0 Å². The van der Waals surface area contributed by atoms with Gasteiger partial charge in [0.25, 0.3) is 0 Å². The van der Waals surface area contributed by atoms with Gasteiger partial charge in [-0.05, 0) is 18.1 Å². The Balaban J connectivity index is 2.33. The number of para-hydroxylation sites is 1. The van der Waals surface area contributed by atoms with E-state index in [0.717, 1.165) is 5.69 Å². The summed E-state index contributed by atoms with van der Waals surface area (Å²) in [6, 6.07) is 8.54. The van der Waals surface area contributed by atoms with Crippen molar-refractivity contribution in [2.45, 2.75) is 26.3 Å². The van der Waals surface area contributed by atoms with Crippen molar-refractivity contribution < 1.29 is 14.7 Å². The third-order valence-electron chi connectivity index (χ3n) is 2.71. The maximum Gasteiger partial charge on any atom is 0.320 e. The van der Waals surface area contributed by atoms with Crippen LogP contribution in [0.4, 0.5) is 5.69 Å². The molecule has 0 fully saturated rings. The number of hydrogen-bond acceptors (Lipinski definition) is 3. The van der Waals surface area contributed by atoms with E-state index in [2.05, 4.69) is 10.6 Å². The molecule has 0 aromatic heterocycles. The molecule has 0 saturated heterocycles. The number of aliphatic carboxylic acids is 1. The predicted octanol–water partition coefficient (Wildman–Crippen LogP) is 1.71. The highest BCUT2D eigenvalue weighted by atomic mass is 16.4. The summed E-state index contributed by atoms with van der Waals surface area (Å²) in [5, 5.41) is 14.6. The first-order valence-corrected chi connectivity index (χ1v) is 6.32. The number of rotatable bonds is 7. The zero-order valence-corrected chi connectivity index (χ0v) is 11.2. The van der Waals surface area contributed by atoms with Crippen LogP contribution in [0, 0.1) is 5.92 Å². The monoisotopic (exact) mass is 264 g/mol. The molecule has 1 unspecified atom stereocenters. The van der Waals surface area contributed by atoms with Crippen molar-refractivity contribution in [1.29, 1.82) is 0 Å². The van der Waals surface area contributed by atoms with Gasteiger partial charge in [-0.25, -0.2) is 0 Å². The minimum absolute atomic E-state index is 0.0188. The molecule has 19 heavy (non-hydrogen) atoms. The van der Waals surface area contributed by atoms with Crippen molar-refractivity contribution in [2.24, 2.45) is 5.92 Å². The number of amides is 1. The van der Waals surface area contributed by atoms with Gasteiger partial charge in [0.1, 0.15) is 6.04 Å². The van der Waals surface area contributed by atoms with Gasteiger partial charge in [-0.1, -0.05) is 32.0 Å². The van der Waals surface area contributed by atoms with Crippen LogP contribution < -0.4 is 10.6 Å². The highest BCUT2D eigenvalue weighted by molar-refractivity contribution is 5.90. The van der Waals surface area contributed by atoms with Crippen LogP contribution in [0.1, 0.15) is 20.3 Å². The fraction of sp³-hybridized carbons (Fsp3) is 0.429. The highest BCUT2D eigenvalue weighted by Gasteiger charge is 2.20. The van der Waals surface area contributed by atoms with Gasteiger partial charge in [0.2, 0.25) is 5.91 Å².